The molecule has 3 nitrogen and oxygen atoms in total. The van der Waals surface area contributed by atoms with Crippen LogP contribution in [0.1, 0.15) is 26.7 Å². The van der Waals surface area contributed by atoms with Gasteiger partial charge in [-0.3, -0.25) is 4.79 Å². The molecule has 0 N–H and O–H groups in total. The summed E-state index contributed by atoms with van der Waals surface area (Å²) < 4.78 is 11.5. The van der Waals surface area contributed by atoms with Crippen LogP contribution >= 0.6 is 11.8 Å². The van der Waals surface area contributed by atoms with Crippen LogP contribution in [0.4, 0.5) is 0 Å². The molecule has 0 amide bonds. The fraction of sp³-hybridized carbons (Fsp3) is 0.889. The third kappa shape index (κ3) is 3.08. The summed E-state index contributed by atoms with van der Waals surface area (Å²) in [5.41, 5.74) is 0. The molecule has 0 aromatic carbocycles. The maximum atomic E-state index is 11.1. The van der Waals surface area contributed by atoms with Crippen LogP contribution in [0.3, 0.4) is 0 Å². The smallest absolute Gasteiger partial charge is 0.348 e. The number of hydrogen-bond acceptors (Lipinski definition) is 4. The summed E-state index contributed by atoms with van der Waals surface area (Å²) in [6.07, 6.45) is 1.91. The molecule has 0 aliphatic carbocycles. The van der Waals surface area contributed by atoms with Crippen molar-refractivity contribution >= 4 is 25.4 Å². The topological polar surface area (TPSA) is 35.5 Å². The molecule has 0 spiro atoms. The molecular weight excluding hydrogens is 216 g/mol. The number of rotatable bonds is 3. The van der Waals surface area contributed by atoms with Crippen molar-refractivity contribution in [1.29, 1.82) is 0 Å². The van der Waals surface area contributed by atoms with Crippen LogP contribution in [0.15, 0.2) is 0 Å². The SMILES string of the molecule is CCC(SC(C)=O)[Si]1(C)OCCCO1. The van der Waals surface area contributed by atoms with Crippen molar-refractivity contribution in [2.45, 2.75) is 38.1 Å². The van der Waals surface area contributed by atoms with Gasteiger partial charge in [-0.15, -0.1) is 0 Å². The van der Waals surface area contributed by atoms with Gasteiger partial charge >= 0.3 is 8.56 Å². The summed E-state index contributed by atoms with van der Waals surface area (Å²) in [6.45, 7) is 7.33. The van der Waals surface area contributed by atoms with E-state index in [9.17, 15) is 4.79 Å². The Bertz CT molecular complexity index is 204. The first-order valence-corrected chi connectivity index (χ1v) is 8.31. The van der Waals surface area contributed by atoms with E-state index < -0.39 is 8.56 Å². The predicted molar refractivity (Wildman–Crippen MR) is 60.5 cm³/mol. The molecule has 82 valence electrons. The zero-order valence-corrected chi connectivity index (χ0v) is 10.9. The molecule has 1 aliphatic rings. The third-order valence-corrected chi connectivity index (χ3v) is 8.05. The average molecular weight is 234 g/mol. The molecule has 0 aromatic heterocycles. The maximum Gasteiger partial charge on any atom is 0.348 e. The molecule has 0 radical (unpaired) electrons. The Morgan fingerprint density at radius 1 is 1.50 bits per heavy atom. The Morgan fingerprint density at radius 3 is 2.50 bits per heavy atom. The van der Waals surface area contributed by atoms with Gasteiger partial charge in [-0.05, 0) is 19.4 Å². The Labute approximate surface area is 90.8 Å². The normalized spacial score (nSPS) is 23.1. The van der Waals surface area contributed by atoms with E-state index in [1.807, 2.05) is 0 Å². The molecule has 1 atom stereocenters. The van der Waals surface area contributed by atoms with Gasteiger partial charge in [0.2, 0.25) is 0 Å². The van der Waals surface area contributed by atoms with Gasteiger partial charge in [0.15, 0.2) is 5.12 Å². The van der Waals surface area contributed by atoms with Gasteiger partial charge < -0.3 is 8.85 Å². The Hall–Kier alpha value is 0.157. The van der Waals surface area contributed by atoms with Crippen molar-refractivity contribution in [2.24, 2.45) is 0 Å². The van der Waals surface area contributed by atoms with Crippen molar-refractivity contribution in [3.8, 4) is 0 Å². The van der Waals surface area contributed by atoms with Gasteiger partial charge in [0.25, 0.3) is 0 Å². The molecule has 0 bridgehead atoms. The highest BCUT2D eigenvalue weighted by Crippen LogP contribution is 2.29. The highest BCUT2D eigenvalue weighted by molar-refractivity contribution is 8.15. The molecule has 1 fully saturated rings. The molecule has 0 aromatic rings. The predicted octanol–water partition coefficient (Wildman–Crippen LogP) is 2.09. The number of carbonyl (C=O) groups excluding carboxylic acids is 1. The van der Waals surface area contributed by atoms with Gasteiger partial charge in [0, 0.05) is 20.1 Å². The molecule has 14 heavy (non-hydrogen) atoms. The minimum Gasteiger partial charge on any atom is -0.394 e. The van der Waals surface area contributed by atoms with Crippen LogP contribution in [-0.2, 0) is 13.6 Å². The summed E-state index contributed by atoms with van der Waals surface area (Å²) in [7, 11) is -2.09. The minimum absolute atomic E-state index is 0.156. The third-order valence-electron chi connectivity index (χ3n) is 2.33. The Kier molecular flexibility index (Phi) is 4.63. The first-order valence-electron chi connectivity index (χ1n) is 5.03. The molecule has 0 saturated carbocycles. The van der Waals surface area contributed by atoms with Crippen molar-refractivity contribution in [3.05, 3.63) is 0 Å². The molecule has 1 rings (SSSR count). The fourth-order valence-corrected chi connectivity index (χ4v) is 6.22. The van der Waals surface area contributed by atoms with E-state index >= 15 is 0 Å². The molecule has 1 heterocycles. The van der Waals surface area contributed by atoms with E-state index in [1.54, 1.807) is 6.92 Å². The lowest BCUT2D eigenvalue weighted by molar-refractivity contribution is -0.109. The second kappa shape index (κ2) is 5.30. The van der Waals surface area contributed by atoms with Crippen LogP contribution in [0, 0.1) is 0 Å². The summed E-state index contributed by atoms with van der Waals surface area (Å²) in [4.78, 5) is 11.3. The van der Waals surface area contributed by atoms with Gasteiger partial charge in [-0.1, -0.05) is 18.7 Å². The average Bonchev–Trinajstić information content (AvgIpc) is 2.15. The molecule has 1 saturated heterocycles. The second-order valence-electron chi connectivity index (χ2n) is 3.57. The molecular formula is C9H18O3SSi. The number of thioether (sulfide) groups is 1. The van der Waals surface area contributed by atoms with Gasteiger partial charge in [0.05, 0.1) is 4.87 Å². The van der Waals surface area contributed by atoms with E-state index in [-0.39, 0.29) is 9.99 Å². The van der Waals surface area contributed by atoms with Crippen LogP contribution in [-0.4, -0.2) is 31.8 Å². The van der Waals surface area contributed by atoms with Crippen LogP contribution in [0.5, 0.6) is 0 Å². The lowest BCUT2D eigenvalue weighted by Gasteiger charge is -2.36. The van der Waals surface area contributed by atoms with Crippen LogP contribution in [0.2, 0.25) is 6.55 Å². The minimum atomic E-state index is -2.09. The summed E-state index contributed by atoms with van der Waals surface area (Å²) in [5, 5.41) is 0.156. The monoisotopic (exact) mass is 234 g/mol. The van der Waals surface area contributed by atoms with E-state index in [2.05, 4.69) is 13.5 Å². The van der Waals surface area contributed by atoms with Crippen molar-refractivity contribution in [2.75, 3.05) is 13.2 Å². The highest BCUT2D eigenvalue weighted by atomic mass is 32.2. The van der Waals surface area contributed by atoms with E-state index in [1.165, 1.54) is 11.8 Å². The van der Waals surface area contributed by atoms with E-state index in [4.69, 9.17) is 8.85 Å². The fourth-order valence-electron chi connectivity index (χ4n) is 1.60. The molecule has 1 aliphatic heterocycles. The second-order valence-corrected chi connectivity index (χ2v) is 8.68. The Balaban J connectivity index is 2.60. The van der Waals surface area contributed by atoms with Crippen molar-refractivity contribution in [3.63, 3.8) is 0 Å². The molecule has 1 unspecified atom stereocenters. The van der Waals surface area contributed by atoms with Gasteiger partial charge in [-0.2, -0.15) is 0 Å². The lowest BCUT2D eigenvalue weighted by Crippen LogP contribution is -2.52. The standard InChI is InChI=1S/C9H18O3SSi/c1-4-9(13-8(2)10)14(3)11-6-5-7-12-14/h9H,4-7H2,1-3H3. The summed E-state index contributed by atoms with van der Waals surface area (Å²) >= 11 is 1.38. The number of hydrogen-bond donors (Lipinski definition) is 0. The summed E-state index contributed by atoms with van der Waals surface area (Å²) in [6, 6.07) is 0. The first kappa shape index (κ1) is 12.2. The maximum absolute atomic E-state index is 11.1. The first-order chi connectivity index (χ1) is 6.58. The van der Waals surface area contributed by atoms with Crippen molar-refractivity contribution in [1.82, 2.24) is 0 Å². The Morgan fingerprint density at radius 2 is 2.07 bits per heavy atom. The highest BCUT2D eigenvalue weighted by Gasteiger charge is 2.43. The van der Waals surface area contributed by atoms with Crippen LogP contribution in [0.25, 0.3) is 0 Å². The molecule has 5 heteroatoms. The van der Waals surface area contributed by atoms with Gasteiger partial charge in [-0.25, -0.2) is 0 Å². The zero-order valence-electron chi connectivity index (χ0n) is 9.04. The van der Waals surface area contributed by atoms with Crippen molar-refractivity contribution < 1.29 is 13.6 Å². The van der Waals surface area contributed by atoms with Crippen LogP contribution < -0.4 is 0 Å². The van der Waals surface area contributed by atoms with Gasteiger partial charge in [0.1, 0.15) is 0 Å². The number of carbonyl (C=O) groups is 1. The lowest BCUT2D eigenvalue weighted by atomic mass is 10.5. The summed E-state index contributed by atoms with van der Waals surface area (Å²) in [5.74, 6) is 0. The largest absolute Gasteiger partial charge is 0.394 e. The quantitative estimate of drug-likeness (QED) is 0.701. The van der Waals surface area contributed by atoms with E-state index in [0.717, 1.165) is 26.1 Å². The zero-order chi connectivity index (χ0) is 10.6. The van der Waals surface area contributed by atoms with E-state index in [0.29, 0.717) is 0 Å².